The summed E-state index contributed by atoms with van der Waals surface area (Å²) < 4.78 is 13.5. The Labute approximate surface area is 94.9 Å². The third-order valence-corrected chi connectivity index (χ3v) is 2.94. The van der Waals surface area contributed by atoms with Crippen LogP contribution in [-0.4, -0.2) is 5.91 Å². The first-order valence-electron chi connectivity index (χ1n) is 5.66. The van der Waals surface area contributed by atoms with Gasteiger partial charge in [0.2, 0.25) is 5.91 Å². The SMILES string of the molecule is CC(C)CC1CC(=O)Nc2c(F)cccc21. The highest BCUT2D eigenvalue weighted by Crippen LogP contribution is 2.37. The van der Waals surface area contributed by atoms with E-state index < -0.39 is 0 Å². The molecule has 0 fully saturated rings. The Morgan fingerprint density at radius 1 is 1.50 bits per heavy atom. The molecule has 0 aromatic heterocycles. The first kappa shape index (κ1) is 11.1. The van der Waals surface area contributed by atoms with Gasteiger partial charge in [-0.25, -0.2) is 4.39 Å². The highest BCUT2D eigenvalue weighted by atomic mass is 19.1. The molecule has 1 aromatic carbocycles. The Kier molecular flexibility index (Phi) is 2.95. The number of fused-ring (bicyclic) bond motifs is 1. The molecule has 0 saturated heterocycles. The lowest BCUT2D eigenvalue weighted by molar-refractivity contribution is -0.117. The van der Waals surface area contributed by atoms with Crippen LogP contribution in [0.1, 0.15) is 38.2 Å². The zero-order chi connectivity index (χ0) is 11.7. The van der Waals surface area contributed by atoms with Gasteiger partial charge < -0.3 is 5.32 Å². The number of hydrogen-bond donors (Lipinski definition) is 1. The monoisotopic (exact) mass is 221 g/mol. The first-order valence-corrected chi connectivity index (χ1v) is 5.66. The topological polar surface area (TPSA) is 29.1 Å². The van der Waals surface area contributed by atoms with Gasteiger partial charge in [0.05, 0.1) is 5.69 Å². The molecule has 2 nitrogen and oxygen atoms in total. The minimum atomic E-state index is -0.334. The predicted molar refractivity (Wildman–Crippen MR) is 61.8 cm³/mol. The molecule has 1 aliphatic rings. The molecule has 1 amide bonds. The normalized spacial score (nSPS) is 19.5. The maximum atomic E-state index is 13.5. The molecular weight excluding hydrogens is 205 g/mol. The summed E-state index contributed by atoms with van der Waals surface area (Å²) in [6.45, 7) is 4.23. The van der Waals surface area contributed by atoms with Crippen molar-refractivity contribution in [3.05, 3.63) is 29.6 Å². The Bertz CT molecular complexity index is 414. The van der Waals surface area contributed by atoms with Crippen molar-refractivity contribution in [2.75, 3.05) is 5.32 Å². The van der Waals surface area contributed by atoms with Crippen molar-refractivity contribution < 1.29 is 9.18 Å². The fourth-order valence-corrected chi connectivity index (χ4v) is 2.32. The van der Waals surface area contributed by atoms with Gasteiger partial charge in [-0.15, -0.1) is 0 Å². The number of nitrogens with one attached hydrogen (secondary N) is 1. The third-order valence-electron chi connectivity index (χ3n) is 2.94. The lowest BCUT2D eigenvalue weighted by Gasteiger charge is -2.27. The standard InChI is InChI=1S/C13H16FNO/c1-8(2)6-9-7-12(16)15-13-10(9)4-3-5-11(13)14/h3-5,8-9H,6-7H2,1-2H3,(H,15,16). The zero-order valence-electron chi connectivity index (χ0n) is 9.59. The van der Waals surface area contributed by atoms with Gasteiger partial charge in [0.1, 0.15) is 5.82 Å². The molecule has 0 saturated carbocycles. The van der Waals surface area contributed by atoms with E-state index in [2.05, 4.69) is 19.2 Å². The number of benzene rings is 1. The van der Waals surface area contributed by atoms with Gasteiger partial charge in [0.15, 0.2) is 0 Å². The summed E-state index contributed by atoms with van der Waals surface area (Å²) in [7, 11) is 0. The van der Waals surface area contributed by atoms with Gasteiger partial charge in [-0.3, -0.25) is 4.79 Å². The molecule has 16 heavy (non-hydrogen) atoms. The van der Waals surface area contributed by atoms with Crippen LogP contribution in [-0.2, 0) is 4.79 Å². The van der Waals surface area contributed by atoms with E-state index >= 15 is 0 Å². The molecule has 0 radical (unpaired) electrons. The van der Waals surface area contributed by atoms with Crippen molar-refractivity contribution in [2.45, 2.75) is 32.6 Å². The highest BCUT2D eigenvalue weighted by molar-refractivity contribution is 5.94. The average Bonchev–Trinajstić information content (AvgIpc) is 2.18. The van der Waals surface area contributed by atoms with E-state index in [1.165, 1.54) is 6.07 Å². The number of carbonyl (C=O) groups is 1. The second-order valence-corrected chi connectivity index (χ2v) is 4.78. The summed E-state index contributed by atoms with van der Waals surface area (Å²) in [6.07, 6.45) is 1.39. The summed E-state index contributed by atoms with van der Waals surface area (Å²) >= 11 is 0. The van der Waals surface area contributed by atoms with E-state index in [-0.39, 0.29) is 17.6 Å². The highest BCUT2D eigenvalue weighted by Gasteiger charge is 2.27. The van der Waals surface area contributed by atoms with Gasteiger partial charge >= 0.3 is 0 Å². The lowest BCUT2D eigenvalue weighted by atomic mass is 9.84. The van der Waals surface area contributed by atoms with E-state index in [1.807, 2.05) is 6.07 Å². The third kappa shape index (κ3) is 2.08. The first-order chi connectivity index (χ1) is 7.58. The predicted octanol–water partition coefficient (Wildman–Crippen LogP) is 3.30. The molecule has 1 unspecified atom stereocenters. The second kappa shape index (κ2) is 4.24. The molecule has 1 aliphatic heterocycles. The van der Waals surface area contributed by atoms with Crippen LogP contribution in [0.2, 0.25) is 0 Å². The number of carbonyl (C=O) groups excluding carboxylic acids is 1. The number of anilines is 1. The maximum absolute atomic E-state index is 13.5. The number of hydrogen-bond acceptors (Lipinski definition) is 1. The molecule has 1 aromatic rings. The average molecular weight is 221 g/mol. The zero-order valence-corrected chi connectivity index (χ0v) is 9.59. The fourth-order valence-electron chi connectivity index (χ4n) is 2.32. The van der Waals surface area contributed by atoms with Gasteiger partial charge in [0, 0.05) is 6.42 Å². The van der Waals surface area contributed by atoms with Crippen LogP contribution in [0.4, 0.5) is 10.1 Å². The summed E-state index contributed by atoms with van der Waals surface area (Å²) in [5.74, 6) is 0.244. The lowest BCUT2D eigenvalue weighted by Crippen LogP contribution is -2.24. The number of amides is 1. The van der Waals surface area contributed by atoms with Crippen LogP contribution in [0.25, 0.3) is 0 Å². The molecular formula is C13H16FNO. The molecule has 0 aliphatic carbocycles. The van der Waals surface area contributed by atoms with E-state index in [0.717, 1.165) is 12.0 Å². The van der Waals surface area contributed by atoms with Gasteiger partial charge in [-0.1, -0.05) is 26.0 Å². The van der Waals surface area contributed by atoms with Crippen LogP contribution in [0, 0.1) is 11.7 Å². The molecule has 1 atom stereocenters. The number of rotatable bonds is 2. The quantitative estimate of drug-likeness (QED) is 0.815. The smallest absolute Gasteiger partial charge is 0.225 e. The van der Waals surface area contributed by atoms with Crippen LogP contribution >= 0.6 is 0 Å². The van der Waals surface area contributed by atoms with Crippen molar-refractivity contribution in [3.8, 4) is 0 Å². The number of para-hydroxylation sites is 1. The van der Waals surface area contributed by atoms with Crippen molar-refractivity contribution in [2.24, 2.45) is 5.92 Å². The van der Waals surface area contributed by atoms with E-state index in [4.69, 9.17) is 0 Å². The van der Waals surface area contributed by atoms with Crippen molar-refractivity contribution in [1.29, 1.82) is 0 Å². The van der Waals surface area contributed by atoms with Crippen LogP contribution in [0.5, 0.6) is 0 Å². The van der Waals surface area contributed by atoms with E-state index in [9.17, 15) is 9.18 Å². The van der Waals surface area contributed by atoms with Gasteiger partial charge in [-0.2, -0.15) is 0 Å². The summed E-state index contributed by atoms with van der Waals surface area (Å²) in [5, 5.41) is 2.62. The Balaban J connectivity index is 2.38. The number of halogens is 1. The minimum Gasteiger partial charge on any atom is -0.323 e. The molecule has 1 N–H and O–H groups in total. The molecule has 0 bridgehead atoms. The van der Waals surface area contributed by atoms with E-state index in [0.29, 0.717) is 18.0 Å². The molecule has 1 heterocycles. The Morgan fingerprint density at radius 2 is 2.25 bits per heavy atom. The largest absolute Gasteiger partial charge is 0.323 e. The van der Waals surface area contributed by atoms with Crippen molar-refractivity contribution >= 4 is 11.6 Å². The van der Waals surface area contributed by atoms with E-state index in [1.54, 1.807) is 6.07 Å². The van der Waals surface area contributed by atoms with Crippen LogP contribution in [0.3, 0.4) is 0 Å². The second-order valence-electron chi connectivity index (χ2n) is 4.78. The van der Waals surface area contributed by atoms with Gasteiger partial charge in [-0.05, 0) is 29.9 Å². The fraction of sp³-hybridized carbons (Fsp3) is 0.462. The summed E-state index contributed by atoms with van der Waals surface area (Å²) in [4.78, 5) is 11.5. The summed E-state index contributed by atoms with van der Waals surface area (Å²) in [5.41, 5.74) is 1.32. The van der Waals surface area contributed by atoms with Crippen molar-refractivity contribution in [3.63, 3.8) is 0 Å². The van der Waals surface area contributed by atoms with Crippen molar-refractivity contribution in [1.82, 2.24) is 0 Å². The van der Waals surface area contributed by atoms with Gasteiger partial charge in [0.25, 0.3) is 0 Å². The van der Waals surface area contributed by atoms with Crippen LogP contribution < -0.4 is 5.32 Å². The minimum absolute atomic E-state index is 0.0803. The molecule has 3 heteroatoms. The Hall–Kier alpha value is -1.38. The molecule has 86 valence electrons. The maximum Gasteiger partial charge on any atom is 0.225 e. The Morgan fingerprint density at radius 3 is 2.94 bits per heavy atom. The summed E-state index contributed by atoms with van der Waals surface area (Å²) in [6, 6.07) is 5.00. The van der Waals surface area contributed by atoms with Crippen LogP contribution in [0.15, 0.2) is 18.2 Å². The molecule has 2 rings (SSSR count). The molecule has 0 spiro atoms.